The second kappa shape index (κ2) is 8.04. The Morgan fingerprint density at radius 2 is 1.30 bits per heavy atom. The summed E-state index contributed by atoms with van der Waals surface area (Å²) in [5.41, 5.74) is 1.88. The molecule has 0 amide bonds. The van der Waals surface area contributed by atoms with Gasteiger partial charge in [0, 0.05) is 17.5 Å². The molecule has 0 bridgehead atoms. The van der Waals surface area contributed by atoms with Gasteiger partial charge in [-0.3, -0.25) is 0 Å². The van der Waals surface area contributed by atoms with Gasteiger partial charge in [0.05, 0.1) is 0 Å². The first-order valence-corrected chi connectivity index (χ1v) is 9.59. The Kier molecular flexibility index (Phi) is 6.90. The van der Waals surface area contributed by atoms with Crippen LogP contribution in [0.25, 0.3) is 0 Å². The second-order valence-electron chi connectivity index (χ2n) is 10.3. The molecule has 0 atom stereocenters. The Bertz CT molecular complexity index is 660. The van der Waals surface area contributed by atoms with Gasteiger partial charge in [0.1, 0.15) is 17.1 Å². The molecule has 0 saturated heterocycles. The zero-order valence-electron chi connectivity index (χ0n) is 18.7. The fraction of sp³-hybridized carbons (Fsp3) is 0.652. The lowest BCUT2D eigenvalue weighted by Gasteiger charge is -2.30. The summed E-state index contributed by atoms with van der Waals surface area (Å²) < 4.78 is 11.1. The van der Waals surface area contributed by atoms with Crippen LogP contribution in [0.4, 0.5) is 4.79 Å². The van der Waals surface area contributed by atoms with E-state index in [1.54, 1.807) is 6.92 Å². The highest BCUT2D eigenvalue weighted by Gasteiger charge is 2.30. The van der Waals surface area contributed by atoms with Gasteiger partial charge in [0.2, 0.25) is 0 Å². The van der Waals surface area contributed by atoms with Crippen LogP contribution in [0, 0.1) is 0 Å². The van der Waals surface area contributed by atoms with Crippen LogP contribution in [0.15, 0.2) is 12.1 Å². The van der Waals surface area contributed by atoms with Crippen molar-refractivity contribution in [2.45, 2.75) is 98.5 Å². The summed E-state index contributed by atoms with van der Waals surface area (Å²) >= 11 is 0. The van der Waals surface area contributed by atoms with E-state index in [1.165, 1.54) is 0 Å². The van der Waals surface area contributed by atoms with Crippen molar-refractivity contribution in [2.75, 3.05) is 0 Å². The van der Waals surface area contributed by atoms with Crippen LogP contribution in [-0.4, -0.2) is 17.5 Å². The van der Waals surface area contributed by atoms with Crippen molar-refractivity contribution in [3.8, 4) is 5.75 Å². The van der Waals surface area contributed by atoms with E-state index in [-0.39, 0.29) is 16.6 Å². The molecule has 0 spiro atoms. The number of carbonyl (C=O) groups is 2. The van der Waals surface area contributed by atoms with Gasteiger partial charge in [-0.15, -0.1) is 0 Å². The van der Waals surface area contributed by atoms with Gasteiger partial charge < -0.3 is 14.3 Å². The Hall–Kier alpha value is -1.84. The van der Waals surface area contributed by atoms with Crippen LogP contribution in [0.3, 0.4) is 0 Å². The van der Waals surface area contributed by atoms with E-state index in [0.717, 1.165) is 16.7 Å². The minimum Gasteiger partial charge on any atom is -0.428 e. The van der Waals surface area contributed by atoms with E-state index in [4.69, 9.17) is 9.47 Å². The summed E-state index contributed by atoms with van der Waals surface area (Å²) in [7, 11) is 0. The number of rotatable bonds is 4. The molecule has 0 heterocycles. The van der Waals surface area contributed by atoms with Crippen molar-refractivity contribution in [3.05, 3.63) is 28.8 Å². The summed E-state index contributed by atoms with van der Waals surface area (Å²) in [6.07, 6.45) is 0.475. The zero-order valence-corrected chi connectivity index (χ0v) is 18.7. The van der Waals surface area contributed by atoms with Crippen molar-refractivity contribution in [3.63, 3.8) is 0 Å². The maximum absolute atomic E-state index is 12.4. The first kappa shape index (κ1) is 23.2. The number of carbonyl (C=O) groups excluding carboxylic acids is 2. The maximum Gasteiger partial charge on any atom is 0.514 e. The molecule has 0 aliphatic carbocycles. The molecule has 0 aliphatic heterocycles. The molecule has 4 heteroatoms. The number of Topliss-reactive ketones (excluding diaryl/α,β-unsaturated/α-hetero) is 1. The number of ketones is 1. The van der Waals surface area contributed by atoms with Gasteiger partial charge in [-0.25, -0.2) is 4.79 Å². The molecule has 0 N–H and O–H groups in total. The quantitative estimate of drug-likeness (QED) is 0.469. The molecular formula is C23H36O4. The van der Waals surface area contributed by atoms with Crippen LogP contribution in [-0.2, 0) is 26.8 Å². The van der Waals surface area contributed by atoms with Crippen molar-refractivity contribution in [2.24, 2.45) is 0 Å². The third-order valence-electron chi connectivity index (χ3n) is 4.11. The average molecular weight is 377 g/mol. The SMILES string of the molecule is CC(=O)CCc1cc(C(C)(C)C)c(OC(=O)OC(C)(C)C)c(C(C)(C)C)c1. The Morgan fingerprint density at radius 1 is 0.852 bits per heavy atom. The lowest BCUT2D eigenvalue weighted by molar-refractivity contribution is -0.116. The van der Waals surface area contributed by atoms with Gasteiger partial charge in [0.25, 0.3) is 0 Å². The van der Waals surface area contributed by atoms with Gasteiger partial charge in [-0.05, 0) is 50.5 Å². The fourth-order valence-corrected chi connectivity index (χ4v) is 2.73. The number of benzene rings is 1. The largest absolute Gasteiger partial charge is 0.514 e. The minimum absolute atomic E-state index is 0.165. The van der Waals surface area contributed by atoms with Crippen LogP contribution in [0.5, 0.6) is 5.75 Å². The molecule has 4 nitrogen and oxygen atoms in total. The third-order valence-corrected chi connectivity index (χ3v) is 4.11. The third kappa shape index (κ3) is 7.36. The highest BCUT2D eigenvalue weighted by Crippen LogP contribution is 2.41. The highest BCUT2D eigenvalue weighted by atomic mass is 16.7. The predicted molar refractivity (Wildman–Crippen MR) is 110 cm³/mol. The standard InChI is InChI=1S/C23H36O4/c1-15(24)11-12-16-13-17(21(2,3)4)19(18(14-16)22(5,6)7)26-20(25)27-23(8,9)10/h13-14H,11-12H2,1-10H3. The Morgan fingerprint density at radius 3 is 1.63 bits per heavy atom. The van der Waals surface area contributed by atoms with Crippen molar-refractivity contribution in [1.29, 1.82) is 0 Å². The average Bonchev–Trinajstić information content (AvgIpc) is 2.41. The van der Waals surface area contributed by atoms with Gasteiger partial charge >= 0.3 is 6.16 Å². The molecule has 0 unspecified atom stereocenters. The molecule has 0 aliphatic rings. The summed E-state index contributed by atoms with van der Waals surface area (Å²) in [6, 6.07) is 4.11. The van der Waals surface area contributed by atoms with Crippen molar-refractivity contribution < 1.29 is 19.1 Å². The van der Waals surface area contributed by atoms with E-state index in [0.29, 0.717) is 18.6 Å². The van der Waals surface area contributed by atoms with Crippen LogP contribution < -0.4 is 4.74 Å². The smallest absolute Gasteiger partial charge is 0.428 e. The molecule has 1 aromatic rings. The molecule has 0 aromatic heterocycles. The van der Waals surface area contributed by atoms with E-state index in [9.17, 15) is 9.59 Å². The van der Waals surface area contributed by atoms with E-state index >= 15 is 0 Å². The molecule has 1 rings (SSSR count). The molecule has 0 fully saturated rings. The van der Waals surface area contributed by atoms with Gasteiger partial charge in [0.15, 0.2) is 0 Å². The Labute approximate surface area is 164 Å². The zero-order chi connectivity index (χ0) is 21.2. The Balaban J connectivity index is 3.52. The molecule has 0 saturated carbocycles. The lowest BCUT2D eigenvalue weighted by atomic mass is 9.78. The van der Waals surface area contributed by atoms with Gasteiger partial charge in [-0.1, -0.05) is 53.7 Å². The summed E-state index contributed by atoms with van der Waals surface area (Å²) in [5, 5.41) is 0. The fourth-order valence-electron chi connectivity index (χ4n) is 2.73. The highest BCUT2D eigenvalue weighted by molar-refractivity contribution is 5.75. The number of hydrogen-bond donors (Lipinski definition) is 0. The topological polar surface area (TPSA) is 52.6 Å². The molecule has 27 heavy (non-hydrogen) atoms. The van der Waals surface area contributed by atoms with E-state index in [2.05, 4.69) is 53.7 Å². The number of ether oxygens (including phenoxy) is 2. The van der Waals surface area contributed by atoms with Crippen LogP contribution in [0.1, 0.15) is 92.3 Å². The molecule has 1 aromatic carbocycles. The van der Waals surface area contributed by atoms with Crippen LogP contribution >= 0.6 is 0 Å². The minimum atomic E-state index is -0.699. The van der Waals surface area contributed by atoms with Crippen molar-refractivity contribution >= 4 is 11.9 Å². The summed E-state index contributed by atoms with van der Waals surface area (Å²) in [4.78, 5) is 23.8. The lowest BCUT2D eigenvalue weighted by Crippen LogP contribution is -2.28. The molecule has 0 radical (unpaired) electrons. The van der Waals surface area contributed by atoms with E-state index < -0.39 is 11.8 Å². The maximum atomic E-state index is 12.4. The molecule has 152 valence electrons. The summed E-state index contributed by atoms with van der Waals surface area (Å²) in [6.45, 7) is 19.6. The van der Waals surface area contributed by atoms with E-state index in [1.807, 2.05) is 20.8 Å². The van der Waals surface area contributed by atoms with Crippen LogP contribution in [0.2, 0.25) is 0 Å². The first-order chi connectivity index (χ1) is 12.0. The first-order valence-electron chi connectivity index (χ1n) is 9.59. The van der Waals surface area contributed by atoms with Crippen molar-refractivity contribution in [1.82, 2.24) is 0 Å². The number of aryl methyl sites for hydroxylation is 1. The summed E-state index contributed by atoms with van der Waals surface area (Å²) in [5.74, 6) is 0.731. The van der Waals surface area contributed by atoms with Gasteiger partial charge in [-0.2, -0.15) is 0 Å². The number of hydrogen-bond acceptors (Lipinski definition) is 4. The predicted octanol–water partition coefficient (Wildman–Crippen LogP) is 6.12. The molecular weight excluding hydrogens is 340 g/mol. The second-order valence-corrected chi connectivity index (χ2v) is 10.3. The monoisotopic (exact) mass is 376 g/mol. The normalized spacial score (nSPS) is 12.7.